The van der Waals surface area contributed by atoms with E-state index < -0.39 is 17.6 Å². The summed E-state index contributed by atoms with van der Waals surface area (Å²) in [6.07, 6.45) is -4.71. The van der Waals surface area contributed by atoms with Crippen LogP contribution in [0.2, 0.25) is 0 Å². The molecule has 0 aromatic heterocycles. The highest BCUT2D eigenvalue weighted by Crippen LogP contribution is 2.32. The average Bonchev–Trinajstić information content (AvgIpc) is 2.07. The summed E-state index contributed by atoms with van der Waals surface area (Å²) in [5.74, 6) is -1.31. The summed E-state index contributed by atoms with van der Waals surface area (Å²) in [6.45, 7) is 3.03. The molecule has 0 aliphatic rings. The molecule has 1 N–H and O–H groups in total. The van der Waals surface area contributed by atoms with Crippen LogP contribution in [0.1, 0.15) is 5.56 Å². The minimum Gasteiger partial charge on any atom is -0.279 e. The lowest BCUT2D eigenvalue weighted by Crippen LogP contribution is -2.08. The number of hydrazone groups is 1. The van der Waals surface area contributed by atoms with Gasteiger partial charge in [-0.2, -0.15) is 18.3 Å². The molecular weight excluding hydrogens is 200 g/mol. The van der Waals surface area contributed by atoms with Gasteiger partial charge in [-0.3, -0.25) is 5.43 Å². The number of benzene rings is 1. The number of hydrogen-bond donors (Lipinski definition) is 1. The first-order valence-electron chi connectivity index (χ1n) is 3.53. The number of alkyl halides is 3. The van der Waals surface area contributed by atoms with Crippen LogP contribution in [0.5, 0.6) is 0 Å². The molecule has 0 aliphatic heterocycles. The van der Waals surface area contributed by atoms with Crippen molar-refractivity contribution in [3.63, 3.8) is 0 Å². The van der Waals surface area contributed by atoms with Crippen molar-refractivity contribution in [3.05, 3.63) is 29.6 Å². The van der Waals surface area contributed by atoms with Gasteiger partial charge in [0.05, 0.1) is 11.3 Å². The number of nitrogens with one attached hydrogen (secondary N) is 1. The van der Waals surface area contributed by atoms with E-state index in [0.717, 1.165) is 12.1 Å². The molecule has 0 spiro atoms. The first-order chi connectivity index (χ1) is 6.45. The highest BCUT2D eigenvalue weighted by atomic mass is 19.4. The molecule has 6 heteroatoms. The highest BCUT2D eigenvalue weighted by molar-refractivity contribution is 5.47. The quantitative estimate of drug-likeness (QED) is 0.449. The van der Waals surface area contributed by atoms with E-state index in [2.05, 4.69) is 17.2 Å². The van der Waals surface area contributed by atoms with Crippen molar-refractivity contribution < 1.29 is 17.6 Å². The fourth-order valence-electron chi connectivity index (χ4n) is 0.903. The van der Waals surface area contributed by atoms with Gasteiger partial charge in [0.2, 0.25) is 0 Å². The first kappa shape index (κ1) is 10.5. The Kier molecular flexibility index (Phi) is 2.73. The lowest BCUT2D eigenvalue weighted by Gasteiger charge is -2.09. The third-order valence-electron chi connectivity index (χ3n) is 1.48. The maximum atomic E-state index is 12.7. The van der Waals surface area contributed by atoms with Crippen molar-refractivity contribution in [2.75, 3.05) is 5.43 Å². The lowest BCUT2D eigenvalue weighted by molar-refractivity contribution is -0.139. The minimum atomic E-state index is -4.71. The first-order valence-corrected chi connectivity index (χ1v) is 3.53. The van der Waals surface area contributed by atoms with Crippen molar-refractivity contribution in [3.8, 4) is 0 Å². The summed E-state index contributed by atoms with van der Waals surface area (Å²) in [5.41, 5.74) is 0.903. The Hall–Kier alpha value is -1.59. The second-order valence-corrected chi connectivity index (χ2v) is 2.46. The predicted molar refractivity (Wildman–Crippen MR) is 44.6 cm³/mol. The van der Waals surface area contributed by atoms with Gasteiger partial charge in [0, 0.05) is 6.72 Å². The van der Waals surface area contributed by atoms with Gasteiger partial charge in [0.1, 0.15) is 5.82 Å². The number of hydrogen-bond acceptors (Lipinski definition) is 2. The van der Waals surface area contributed by atoms with E-state index in [-0.39, 0.29) is 5.69 Å². The fourth-order valence-corrected chi connectivity index (χ4v) is 0.903. The molecule has 14 heavy (non-hydrogen) atoms. The fraction of sp³-hybridized carbons (Fsp3) is 0.125. The van der Waals surface area contributed by atoms with Crippen LogP contribution in [-0.2, 0) is 6.18 Å². The summed E-state index contributed by atoms with van der Waals surface area (Å²) < 4.78 is 49.2. The Morgan fingerprint density at radius 2 is 1.93 bits per heavy atom. The van der Waals surface area contributed by atoms with Crippen molar-refractivity contribution in [1.29, 1.82) is 0 Å². The molecule has 0 aliphatic carbocycles. The molecule has 1 aromatic rings. The number of rotatable bonds is 2. The van der Waals surface area contributed by atoms with Crippen LogP contribution in [0, 0.1) is 5.82 Å². The van der Waals surface area contributed by atoms with Gasteiger partial charge >= 0.3 is 6.18 Å². The van der Waals surface area contributed by atoms with E-state index in [4.69, 9.17) is 0 Å². The molecule has 0 radical (unpaired) electrons. The third-order valence-corrected chi connectivity index (χ3v) is 1.48. The Morgan fingerprint density at radius 3 is 2.43 bits per heavy atom. The Morgan fingerprint density at radius 1 is 1.29 bits per heavy atom. The van der Waals surface area contributed by atoms with Crippen LogP contribution < -0.4 is 5.43 Å². The highest BCUT2D eigenvalue weighted by Gasteiger charge is 2.34. The smallest absolute Gasteiger partial charge is 0.279 e. The summed E-state index contributed by atoms with van der Waals surface area (Å²) in [4.78, 5) is 0. The lowest BCUT2D eigenvalue weighted by atomic mass is 10.2. The standard InChI is InChI=1S/C8H6F4N2/c1-13-14-5-2-3-7(9)6(4-5)8(10,11)12/h2-4,14H,1H2. The SMILES string of the molecule is C=NNc1ccc(F)c(C(F)(F)F)c1. The normalized spacial score (nSPS) is 11.1. The molecule has 0 heterocycles. The van der Waals surface area contributed by atoms with Gasteiger partial charge in [0.25, 0.3) is 0 Å². The minimum absolute atomic E-state index is 0.0359. The Balaban J connectivity index is 3.15. The molecule has 0 saturated heterocycles. The number of halogens is 4. The molecule has 0 bridgehead atoms. The van der Waals surface area contributed by atoms with Gasteiger partial charge in [-0.05, 0) is 18.2 Å². The molecule has 1 aromatic carbocycles. The largest absolute Gasteiger partial charge is 0.419 e. The molecule has 0 fully saturated rings. The van der Waals surface area contributed by atoms with Gasteiger partial charge in [-0.25, -0.2) is 4.39 Å². The Bertz CT molecular complexity index is 346. The van der Waals surface area contributed by atoms with E-state index >= 15 is 0 Å². The summed E-state index contributed by atoms with van der Waals surface area (Å²) in [6, 6.07) is 2.49. The van der Waals surface area contributed by atoms with Crippen molar-refractivity contribution in [2.45, 2.75) is 6.18 Å². The van der Waals surface area contributed by atoms with Gasteiger partial charge < -0.3 is 0 Å². The molecule has 2 nitrogen and oxygen atoms in total. The maximum Gasteiger partial charge on any atom is 0.419 e. The summed E-state index contributed by atoms with van der Waals surface area (Å²) in [5, 5.41) is 3.17. The predicted octanol–water partition coefficient (Wildman–Crippen LogP) is 2.87. The summed E-state index contributed by atoms with van der Waals surface area (Å²) >= 11 is 0. The maximum absolute atomic E-state index is 12.7. The molecule has 0 saturated carbocycles. The zero-order valence-electron chi connectivity index (χ0n) is 6.90. The molecule has 76 valence electrons. The molecule has 1 rings (SSSR count). The second kappa shape index (κ2) is 3.65. The average molecular weight is 206 g/mol. The van der Waals surface area contributed by atoms with E-state index in [0.29, 0.717) is 6.07 Å². The molecular formula is C8H6F4N2. The van der Waals surface area contributed by atoms with Crippen molar-refractivity contribution >= 4 is 12.4 Å². The number of nitrogens with zero attached hydrogens (tertiary/aromatic N) is 1. The molecule has 0 unspecified atom stereocenters. The van der Waals surface area contributed by atoms with Crippen molar-refractivity contribution in [1.82, 2.24) is 0 Å². The van der Waals surface area contributed by atoms with Crippen molar-refractivity contribution in [2.24, 2.45) is 5.10 Å². The van der Waals surface area contributed by atoms with E-state index in [1.807, 2.05) is 0 Å². The topological polar surface area (TPSA) is 24.4 Å². The second-order valence-electron chi connectivity index (χ2n) is 2.46. The Labute approximate surface area is 77.2 Å². The van der Waals surface area contributed by atoms with Crippen LogP contribution in [0.25, 0.3) is 0 Å². The molecule has 0 atom stereocenters. The van der Waals surface area contributed by atoms with Crippen LogP contribution >= 0.6 is 0 Å². The summed E-state index contributed by atoms with van der Waals surface area (Å²) in [7, 11) is 0. The van der Waals surface area contributed by atoms with Crippen LogP contribution in [-0.4, -0.2) is 6.72 Å². The number of anilines is 1. The van der Waals surface area contributed by atoms with Gasteiger partial charge in [-0.1, -0.05) is 0 Å². The van der Waals surface area contributed by atoms with Crippen LogP contribution in [0.4, 0.5) is 23.2 Å². The zero-order chi connectivity index (χ0) is 10.8. The monoisotopic (exact) mass is 206 g/mol. The zero-order valence-corrected chi connectivity index (χ0v) is 6.90. The van der Waals surface area contributed by atoms with E-state index in [1.165, 1.54) is 0 Å². The van der Waals surface area contributed by atoms with Gasteiger partial charge in [-0.15, -0.1) is 0 Å². The van der Waals surface area contributed by atoms with Crippen LogP contribution in [0.3, 0.4) is 0 Å². The van der Waals surface area contributed by atoms with Gasteiger partial charge in [0.15, 0.2) is 0 Å². The van der Waals surface area contributed by atoms with E-state index in [9.17, 15) is 17.6 Å². The molecule has 0 amide bonds. The van der Waals surface area contributed by atoms with E-state index in [1.54, 1.807) is 0 Å². The van der Waals surface area contributed by atoms with Crippen LogP contribution in [0.15, 0.2) is 23.3 Å². The third kappa shape index (κ3) is 2.21.